The number of aryl methyl sites for hydroxylation is 1. The first-order valence-corrected chi connectivity index (χ1v) is 5.38. The van der Waals surface area contributed by atoms with E-state index in [0.29, 0.717) is 0 Å². The molecule has 0 aromatic carbocycles. The van der Waals surface area contributed by atoms with E-state index in [2.05, 4.69) is 14.9 Å². The molecule has 0 N–H and O–H groups in total. The van der Waals surface area contributed by atoms with Crippen LogP contribution in [-0.4, -0.2) is 28.4 Å². The summed E-state index contributed by atoms with van der Waals surface area (Å²) in [5.41, 5.74) is 0. The van der Waals surface area contributed by atoms with Crippen LogP contribution in [0.3, 0.4) is 0 Å². The van der Waals surface area contributed by atoms with Crippen molar-refractivity contribution in [2.24, 2.45) is 0 Å². The molecular weight excluding hydrogens is 198 g/mol. The van der Waals surface area contributed by atoms with Gasteiger partial charge in [-0.25, -0.2) is 9.97 Å². The first-order chi connectivity index (χ1) is 6.75. The lowest BCUT2D eigenvalue weighted by Crippen LogP contribution is -2.36. The molecule has 0 spiro atoms. The number of anilines is 1. The van der Waals surface area contributed by atoms with Gasteiger partial charge in [-0.2, -0.15) is 0 Å². The highest BCUT2D eigenvalue weighted by atomic mass is 35.5. The quantitative estimate of drug-likeness (QED) is 0.666. The summed E-state index contributed by atoms with van der Waals surface area (Å²) in [5.74, 6) is 1.82. The zero-order valence-corrected chi connectivity index (χ0v) is 9.04. The molecular formula is C10H14ClN3. The predicted molar refractivity (Wildman–Crippen MR) is 57.9 cm³/mol. The van der Waals surface area contributed by atoms with Crippen LogP contribution in [0.2, 0.25) is 0 Å². The molecule has 0 amide bonds. The highest BCUT2D eigenvalue weighted by molar-refractivity contribution is 6.21. The number of piperidine rings is 1. The van der Waals surface area contributed by atoms with Gasteiger partial charge in [0.2, 0.25) is 0 Å². The SMILES string of the molecule is Cc1nccc(N2CCCC(Cl)C2)n1. The van der Waals surface area contributed by atoms with Crippen LogP contribution in [0.5, 0.6) is 0 Å². The van der Waals surface area contributed by atoms with Crippen LogP contribution in [-0.2, 0) is 0 Å². The van der Waals surface area contributed by atoms with Gasteiger partial charge in [-0.3, -0.25) is 0 Å². The van der Waals surface area contributed by atoms with E-state index in [1.165, 1.54) is 0 Å². The van der Waals surface area contributed by atoms with Crippen LogP contribution in [0.1, 0.15) is 18.7 Å². The fourth-order valence-electron chi connectivity index (χ4n) is 1.75. The largest absolute Gasteiger partial charge is 0.355 e. The maximum Gasteiger partial charge on any atom is 0.132 e. The van der Waals surface area contributed by atoms with Crippen molar-refractivity contribution in [3.8, 4) is 0 Å². The van der Waals surface area contributed by atoms with Gasteiger partial charge in [-0.05, 0) is 25.8 Å². The van der Waals surface area contributed by atoms with E-state index in [1.54, 1.807) is 6.20 Å². The minimum Gasteiger partial charge on any atom is -0.355 e. The van der Waals surface area contributed by atoms with Crippen molar-refractivity contribution in [1.29, 1.82) is 0 Å². The third kappa shape index (κ3) is 2.15. The molecule has 1 aliphatic rings. The fraction of sp³-hybridized carbons (Fsp3) is 0.600. The summed E-state index contributed by atoms with van der Waals surface area (Å²) in [6.07, 6.45) is 4.06. The average molecular weight is 212 g/mol. The Morgan fingerprint density at radius 3 is 3.14 bits per heavy atom. The van der Waals surface area contributed by atoms with Gasteiger partial charge < -0.3 is 4.90 Å². The van der Waals surface area contributed by atoms with Crippen LogP contribution < -0.4 is 4.90 Å². The number of nitrogens with zero attached hydrogens (tertiary/aromatic N) is 3. The standard InChI is InChI=1S/C10H14ClN3/c1-8-12-5-4-10(13-8)14-6-2-3-9(11)7-14/h4-5,9H,2-3,6-7H2,1H3. The molecule has 76 valence electrons. The Hall–Kier alpha value is -0.830. The van der Waals surface area contributed by atoms with Crippen LogP contribution in [0.4, 0.5) is 5.82 Å². The Morgan fingerprint density at radius 1 is 1.57 bits per heavy atom. The molecule has 4 heteroatoms. The Kier molecular flexibility index (Phi) is 2.87. The molecule has 1 atom stereocenters. The number of aromatic nitrogens is 2. The van der Waals surface area contributed by atoms with Gasteiger partial charge in [0.15, 0.2) is 0 Å². The number of alkyl halides is 1. The first kappa shape index (κ1) is 9.71. The van der Waals surface area contributed by atoms with E-state index in [0.717, 1.165) is 37.6 Å². The number of halogens is 1. The predicted octanol–water partition coefficient (Wildman–Crippen LogP) is 1.99. The normalized spacial score (nSPS) is 22.4. The second-order valence-corrected chi connectivity index (χ2v) is 4.26. The van der Waals surface area contributed by atoms with Crippen LogP contribution in [0, 0.1) is 6.92 Å². The summed E-state index contributed by atoms with van der Waals surface area (Å²) in [6.45, 7) is 3.86. The van der Waals surface area contributed by atoms with Gasteiger partial charge >= 0.3 is 0 Å². The van der Waals surface area contributed by atoms with Gasteiger partial charge in [-0.1, -0.05) is 0 Å². The molecule has 0 bridgehead atoms. The van der Waals surface area contributed by atoms with Gasteiger partial charge in [0, 0.05) is 19.3 Å². The molecule has 3 nitrogen and oxygen atoms in total. The first-order valence-electron chi connectivity index (χ1n) is 4.94. The van der Waals surface area contributed by atoms with Gasteiger partial charge in [-0.15, -0.1) is 11.6 Å². The zero-order valence-electron chi connectivity index (χ0n) is 8.28. The van der Waals surface area contributed by atoms with E-state index in [9.17, 15) is 0 Å². The number of hydrogen-bond donors (Lipinski definition) is 0. The van der Waals surface area contributed by atoms with Gasteiger partial charge in [0.05, 0.1) is 5.38 Å². The smallest absolute Gasteiger partial charge is 0.132 e. The molecule has 1 saturated heterocycles. The molecule has 1 fully saturated rings. The summed E-state index contributed by atoms with van der Waals surface area (Å²) in [5, 5.41) is 0.263. The summed E-state index contributed by atoms with van der Waals surface area (Å²) in [6, 6.07) is 1.95. The average Bonchev–Trinajstić information content (AvgIpc) is 2.18. The van der Waals surface area contributed by atoms with Crippen molar-refractivity contribution in [2.45, 2.75) is 25.1 Å². The van der Waals surface area contributed by atoms with Crippen molar-refractivity contribution in [2.75, 3.05) is 18.0 Å². The Balaban J connectivity index is 2.14. The third-order valence-corrected chi connectivity index (χ3v) is 2.81. The van der Waals surface area contributed by atoms with E-state index in [1.807, 2.05) is 13.0 Å². The molecule has 2 heterocycles. The maximum atomic E-state index is 6.12. The molecule has 1 aliphatic heterocycles. The molecule has 1 aromatic heterocycles. The summed E-state index contributed by atoms with van der Waals surface area (Å²) in [7, 11) is 0. The van der Waals surface area contributed by atoms with E-state index < -0.39 is 0 Å². The lowest BCUT2D eigenvalue weighted by atomic mass is 10.1. The lowest BCUT2D eigenvalue weighted by Gasteiger charge is -2.30. The molecule has 1 unspecified atom stereocenters. The van der Waals surface area contributed by atoms with Crippen molar-refractivity contribution in [3.63, 3.8) is 0 Å². The highest BCUT2D eigenvalue weighted by Gasteiger charge is 2.18. The minimum absolute atomic E-state index is 0.263. The molecule has 0 radical (unpaired) electrons. The van der Waals surface area contributed by atoms with Crippen molar-refractivity contribution in [3.05, 3.63) is 18.1 Å². The highest BCUT2D eigenvalue weighted by Crippen LogP contribution is 2.20. The van der Waals surface area contributed by atoms with Crippen molar-refractivity contribution >= 4 is 17.4 Å². The zero-order chi connectivity index (χ0) is 9.97. The second kappa shape index (κ2) is 4.13. The topological polar surface area (TPSA) is 29.0 Å². The van der Waals surface area contributed by atoms with Crippen LogP contribution in [0.25, 0.3) is 0 Å². The van der Waals surface area contributed by atoms with E-state index in [4.69, 9.17) is 11.6 Å². The summed E-state index contributed by atoms with van der Waals surface area (Å²) >= 11 is 6.12. The Morgan fingerprint density at radius 2 is 2.43 bits per heavy atom. The van der Waals surface area contributed by atoms with Gasteiger partial charge in [0.25, 0.3) is 0 Å². The fourth-order valence-corrected chi connectivity index (χ4v) is 2.07. The summed E-state index contributed by atoms with van der Waals surface area (Å²) in [4.78, 5) is 10.7. The molecule has 1 aromatic rings. The number of hydrogen-bond acceptors (Lipinski definition) is 3. The molecule has 0 aliphatic carbocycles. The third-order valence-electron chi connectivity index (χ3n) is 2.45. The monoisotopic (exact) mass is 211 g/mol. The minimum atomic E-state index is 0.263. The molecule has 0 saturated carbocycles. The maximum absolute atomic E-state index is 6.12. The Bertz CT molecular complexity index is 316. The molecule has 14 heavy (non-hydrogen) atoms. The van der Waals surface area contributed by atoms with Crippen molar-refractivity contribution in [1.82, 2.24) is 9.97 Å². The lowest BCUT2D eigenvalue weighted by molar-refractivity contribution is 0.579. The van der Waals surface area contributed by atoms with Crippen LogP contribution >= 0.6 is 11.6 Å². The number of rotatable bonds is 1. The van der Waals surface area contributed by atoms with E-state index in [-0.39, 0.29) is 5.38 Å². The van der Waals surface area contributed by atoms with E-state index >= 15 is 0 Å². The van der Waals surface area contributed by atoms with Gasteiger partial charge in [0.1, 0.15) is 11.6 Å². The summed E-state index contributed by atoms with van der Waals surface area (Å²) < 4.78 is 0. The van der Waals surface area contributed by atoms with Crippen LogP contribution in [0.15, 0.2) is 12.3 Å². The molecule has 2 rings (SSSR count). The second-order valence-electron chi connectivity index (χ2n) is 3.65. The van der Waals surface area contributed by atoms with Crippen molar-refractivity contribution < 1.29 is 0 Å². The Labute approximate surface area is 89.1 Å².